The van der Waals surface area contributed by atoms with Crippen LogP contribution in [0.5, 0.6) is 5.75 Å². The van der Waals surface area contributed by atoms with Crippen LogP contribution in [-0.2, 0) is 15.9 Å². The predicted octanol–water partition coefficient (Wildman–Crippen LogP) is 5.21. The number of hydrogen-bond acceptors (Lipinski definition) is 12. The second-order valence-electron chi connectivity index (χ2n) is 12.6. The number of halogens is 1. The van der Waals surface area contributed by atoms with E-state index in [0.717, 1.165) is 37.3 Å². The highest BCUT2D eigenvalue weighted by molar-refractivity contribution is 7.70. The molecule has 2 aromatic carbocycles. The van der Waals surface area contributed by atoms with Gasteiger partial charge in [0, 0.05) is 61.9 Å². The summed E-state index contributed by atoms with van der Waals surface area (Å²) in [5.74, 6) is 1.51. The monoisotopic (exact) mass is 718 g/mol. The maximum Gasteiger partial charge on any atom is 0.329 e. The molecule has 2 saturated heterocycles. The standard InChI is InChI=1S/C34H40ClN10O4P/c1-43(21-22-18-36-20-30(38-22)45-16-13-31(46)41-34(45)47)23-11-14-44(15-12-23)24-9-10-26(28(17-24)49-2)40-33-37-19-25(35)32(42-33)39-27-7-5-6-8-29(27)50(3,4)48/h5-10,17-20,23H,11-16,21H2,1-4H3,(H,41,46,47)(H2,37,39,40,42). The Bertz CT molecular complexity index is 1930. The molecule has 3 N–H and O–H groups in total. The number of benzene rings is 2. The number of imide groups is 1. The Morgan fingerprint density at radius 2 is 1.80 bits per heavy atom. The van der Waals surface area contributed by atoms with Crippen LogP contribution in [0.3, 0.4) is 0 Å². The van der Waals surface area contributed by atoms with Crippen molar-refractivity contribution >= 4 is 70.6 Å². The molecule has 0 unspecified atom stereocenters. The van der Waals surface area contributed by atoms with Gasteiger partial charge in [-0.2, -0.15) is 4.98 Å². The Hall–Kier alpha value is -4.78. The summed E-state index contributed by atoms with van der Waals surface area (Å²) < 4.78 is 18.6. The highest BCUT2D eigenvalue weighted by atomic mass is 35.5. The average molecular weight is 719 g/mol. The fraction of sp³-hybridized carbons (Fsp3) is 0.353. The molecule has 2 fully saturated rings. The van der Waals surface area contributed by atoms with Crippen molar-refractivity contribution in [3.63, 3.8) is 0 Å². The molecule has 0 saturated carbocycles. The number of aromatic nitrogens is 4. The van der Waals surface area contributed by atoms with Gasteiger partial charge in [-0.25, -0.2) is 14.8 Å². The topological polar surface area (TPSA) is 158 Å². The Kier molecular flexibility index (Phi) is 10.5. The zero-order chi connectivity index (χ0) is 35.4. The number of amides is 3. The molecule has 4 heterocycles. The second kappa shape index (κ2) is 15.0. The van der Waals surface area contributed by atoms with Gasteiger partial charge < -0.3 is 24.8 Å². The van der Waals surface area contributed by atoms with E-state index in [1.165, 1.54) is 11.1 Å². The average Bonchev–Trinajstić information content (AvgIpc) is 3.10. The van der Waals surface area contributed by atoms with Crippen LogP contribution in [0.4, 0.5) is 39.4 Å². The van der Waals surface area contributed by atoms with Crippen molar-refractivity contribution in [3.8, 4) is 5.75 Å². The molecule has 2 aliphatic rings. The van der Waals surface area contributed by atoms with E-state index < -0.39 is 13.2 Å². The summed E-state index contributed by atoms with van der Waals surface area (Å²) in [4.78, 5) is 47.8. The summed E-state index contributed by atoms with van der Waals surface area (Å²) in [6.07, 6.45) is 6.91. The van der Waals surface area contributed by atoms with Crippen LogP contribution in [0, 0.1) is 0 Å². The fourth-order valence-corrected chi connectivity index (χ4v) is 7.42. The third kappa shape index (κ3) is 8.15. The first kappa shape index (κ1) is 35.1. The number of carbonyl (C=O) groups excluding carboxylic acids is 2. The summed E-state index contributed by atoms with van der Waals surface area (Å²) >= 11 is 6.45. The third-order valence-electron chi connectivity index (χ3n) is 8.78. The Morgan fingerprint density at radius 1 is 1.02 bits per heavy atom. The van der Waals surface area contributed by atoms with Gasteiger partial charge in [-0.05, 0) is 57.5 Å². The van der Waals surface area contributed by atoms with Gasteiger partial charge >= 0.3 is 6.03 Å². The number of urea groups is 1. The minimum absolute atomic E-state index is 0.233. The van der Waals surface area contributed by atoms with Crippen LogP contribution in [0.15, 0.2) is 61.1 Å². The lowest BCUT2D eigenvalue weighted by molar-refractivity contribution is -0.120. The Labute approximate surface area is 296 Å². The normalized spacial score (nSPS) is 15.6. The summed E-state index contributed by atoms with van der Waals surface area (Å²) in [6, 6.07) is 13.3. The maximum atomic E-state index is 12.9. The van der Waals surface area contributed by atoms with Crippen molar-refractivity contribution in [2.45, 2.75) is 31.8 Å². The molecule has 0 aliphatic carbocycles. The quantitative estimate of drug-likeness (QED) is 0.174. The van der Waals surface area contributed by atoms with Gasteiger partial charge in [-0.3, -0.25) is 24.9 Å². The molecular weight excluding hydrogens is 679 g/mol. The molecule has 6 rings (SSSR count). The van der Waals surface area contributed by atoms with Crippen molar-refractivity contribution in [1.82, 2.24) is 30.2 Å². The number of nitrogens with one attached hydrogen (secondary N) is 3. The first-order valence-electron chi connectivity index (χ1n) is 16.2. The molecule has 0 spiro atoms. The molecule has 16 heteroatoms. The minimum Gasteiger partial charge on any atom is -0.494 e. The lowest BCUT2D eigenvalue weighted by Crippen LogP contribution is -2.50. The van der Waals surface area contributed by atoms with Crippen molar-refractivity contribution in [2.75, 3.05) is 67.6 Å². The highest BCUT2D eigenvalue weighted by Gasteiger charge is 2.27. The number of hydrogen-bond donors (Lipinski definition) is 3. The highest BCUT2D eigenvalue weighted by Crippen LogP contribution is 2.39. The number of methoxy groups -OCH3 is 1. The van der Waals surface area contributed by atoms with E-state index in [-0.39, 0.29) is 18.9 Å². The summed E-state index contributed by atoms with van der Waals surface area (Å²) in [6.45, 7) is 6.04. The van der Waals surface area contributed by atoms with Crippen LogP contribution in [0.2, 0.25) is 5.02 Å². The van der Waals surface area contributed by atoms with E-state index in [1.807, 2.05) is 42.5 Å². The molecule has 0 bridgehead atoms. The van der Waals surface area contributed by atoms with E-state index in [2.05, 4.69) is 52.7 Å². The van der Waals surface area contributed by atoms with Crippen molar-refractivity contribution in [1.29, 1.82) is 0 Å². The number of carbonyl (C=O) groups is 2. The van der Waals surface area contributed by atoms with Crippen molar-refractivity contribution < 1.29 is 18.9 Å². The molecule has 14 nitrogen and oxygen atoms in total. The van der Waals surface area contributed by atoms with Crippen molar-refractivity contribution in [2.24, 2.45) is 0 Å². The number of piperidine rings is 1. The first-order valence-corrected chi connectivity index (χ1v) is 19.2. The summed E-state index contributed by atoms with van der Waals surface area (Å²) in [5.41, 5.74) is 3.18. The van der Waals surface area contributed by atoms with Gasteiger partial charge in [0.05, 0.1) is 36.6 Å². The maximum absolute atomic E-state index is 12.9. The molecular formula is C34H40ClN10O4P. The molecule has 0 atom stereocenters. The van der Waals surface area contributed by atoms with Gasteiger partial charge in [0.25, 0.3) is 0 Å². The van der Waals surface area contributed by atoms with Gasteiger partial charge in [-0.1, -0.05) is 23.7 Å². The Morgan fingerprint density at radius 3 is 2.54 bits per heavy atom. The van der Waals surface area contributed by atoms with Crippen LogP contribution >= 0.6 is 18.7 Å². The lowest BCUT2D eigenvalue weighted by atomic mass is 10.0. The molecule has 3 amide bonds. The smallest absolute Gasteiger partial charge is 0.329 e. The number of nitrogens with zero attached hydrogens (tertiary/aromatic N) is 7. The largest absolute Gasteiger partial charge is 0.494 e. The van der Waals surface area contributed by atoms with Crippen LogP contribution in [-0.4, -0.2) is 89.9 Å². The van der Waals surface area contributed by atoms with Gasteiger partial charge in [0.15, 0.2) is 11.6 Å². The molecule has 2 aliphatic heterocycles. The number of ether oxygens (including phenoxy) is 1. The summed E-state index contributed by atoms with van der Waals surface area (Å²) in [5, 5.41) is 9.85. The molecule has 4 aromatic rings. The van der Waals surface area contributed by atoms with Crippen LogP contribution in [0.1, 0.15) is 25.0 Å². The SMILES string of the molecule is COc1cc(N2CCC(N(C)Cc3cncc(N4CCC(=O)NC4=O)n3)CC2)ccc1Nc1ncc(Cl)c(Nc2ccccc2P(C)(C)=O)n1. The fourth-order valence-electron chi connectivity index (χ4n) is 6.13. The van der Waals surface area contributed by atoms with Crippen LogP contribution < -0.4 is 35.8 Å². The van der Waals surface area contributed by atoms with E-state index >= 15 is 0 Å². The van der Waals surface area contributed by atoms with E-state index in [1.54, 1.807) is 32.8 Å². The van der Waals surface area contributed by atoms with Gasteiger partial charge in [0.1, 0.15) is 17.9 Å². The van der Waals surface area contributed by atoms with Gasteiger partial charge in [-0.15, -0.1) is 0 Å². The van der Waals surface area contributed by atoms with E-state index in [0.29, 0.717) is 57.6 Å². The number of anilines is 6. The number of para-hydroxylation sites is 1. The predicted molar refractivity (Wildman–Crippen MR) is 196 cm³/mol. The molecule has 50 heavy (non-hydrogen) atoms. The van der Waals surface area contributed by atoms with Crippen LogP contribution in [0.25, 0.3) is 0 Å². The van der Waals surface area contributed by atoms with Crippen molar-refractivity contribution in [3.05, 3.63) is 71.8 Å². The minimum atomic E-state index is -2.55. The van der Waals surface area contributed by atoms with E-state index in [4.69, 9.17) is 16.3 Å². The second-order valence-corrected chi connectivity index (χ2v) is 16.2. The summed E-state index contributed by atoms with van der Waals surface area (Å²) in [7, 11) is 1.16. The molecule has 262 valence electrons. The zero-order valence-electron chi connectivity index (χ0n) is 28.4. The first-order chi connectivity index (χ1) is 24.0. The molecule has 0 radical (unpaired) electrons. The lowest BCUT2D eigenvalue weighted by Gasteiger charge is -2.38. The molecule has 2 aromatic heterocycles. The third-order valence-corrected chi connectivity index (χ3v) is 10.6. The Balaban J connectivity index is 1.07. The van der Waals surface area contributed by atoms with E-state index in [9.17, 15) is 14.2 Å². The number of rotatable bonds is 11. The van der Waals surface area contributed by atoms with Gasteiger partial charge in [0.2, 0.25) is 11.9 Å². The zero-order valence-corrected chi connectivity index (χ0v) is 30.0.